The van der Waals surface area contributed by atoms with Crippen LogP contribution in [0.15, 0.2) is 0 Å². The van der Waals surface area contributed by atoms with Gasteiger partial charge < -0.3 is 0 Å². The van der Waals surface area contributed by atoms with E-state index < -0.39 is 23.8 Å². The first-order valence-corrected chi connectivity index (χ1v) is 5.09. The Morgan fingerprint density at radius 2 is 2.06 bits per heavy atom. The van der Waals surface area contributed by atoms with Gasteiger partial charge in [-0.2, -0.15) is 0 Å². The van der Waals surface area contributed by atoms with Crippen LogP contribution in [0.4, 0.5) is 4.79 Å². The first kappa shape index (κ1) is 12.2. The molecule has 1 aliphatic heterocycles. The molecule has 4 amide bonds. The zero-order chi connectivity index (χ0) is 12.3. The molecule has 0 bridgehead atoms. The van der Waals surface area contributed by atoms with Crippen molar-refractivity contribution in [1.82, 2.24) is 10.2 Å². The maximum absolute atomic E-state index is 11.7. The van der Waals surface area contributed by atoms with E-state index in [0.29, 0.717) is 6.42 Å². The fourth-order valence-electron chi connectivity index (χ4n) is 1.48. The first-order valence-electron chi connectivity index (χ1n) is 5.09. The molecular weight excluding hydrogens is 208 g/mol. The van der Waals surface area contributed by atoms with Crippen molar-refractivity contribution in [2.24, 2.45) is 11.8 Å². The minimum atomic E-state index is -0.887. The van der Waals surface area contributed by atoms with E-state index in [0.717, 1.165) is 4.90 Å². The van der Waals surface area contributed by atoms with Crippen molar-refractivity contribution in [3.8, 4) is 11.8 Å². The summed E-state index contributed by atoms with van der Waals surface area (Å²) < 4.78 is 0. The second kappa shape index (κ2) is 4.79. The molecule has 0 aromatic rings. The fourth-order valence-corrected chi connectivity index (χ4v) is 1.48. The fraction of sp³-hybridized carbons (Fsp3) is 0.545. The Morgan fingerprint density at radius 1 is 1.44 bits per heavy atom. The molecule has 0 aliphatic carbocycles. The highest BCUT2D eigenvalue weighted by Gasteiger charge is 2.41. The van der Waals surface area contributed by atoms with E-state index in [-0.39, 0.29) is 5.92 Å². The largest absolute Gasteiger partial charge is 0.330 e. The van der Waals surface area contributed by atoms with Crippen LogP contribution >= 0.6 is 0 Å². The van der Waals surface area contributed by atoms with Crippen LogP contribution in [0.25, 0.3) is 0 Å². The van der Waals surface area contributed by atoms with Crippen molar-refractivity contribution in [1.29, 1.82) is 0 Å². The number of rotatable bonds is 1. The number of hydrogen-bond acceptors (Lipinski definition) is 3. The summed E-state index contributed by atoms with van der Waals surface area (Å²) in [6.45, 7) is 3.59. The highest BCUT2D eigenvalue weighted by Crippen LogP contribution is 2.17. The first-order chi connectivity index (χ1) is 7.49. The third-order valence-electron chi connectivity index (χ3n) is 2.42. The molecule has 1 unspecified atom stereocenters. The minimum absolute atomic E-state index is 0.386. The summed E-state index contributed by atoms with van der Waals surface area (Å²) in [6, 6.07) is -0.679. The van der Waals surface area contributed by atoms with E-state index in [1.54, 1.807) is 6.92 Å². The molecule has 5 nitrogen and oxygen atoms in total. The van der Waals surface area contributed by atoms with Crippen LogP contribution in [0.1, 0.15) is 20.3 Å². The standard InChI is InChI=1S/C11H14N2O3/c1-4-5-6-7(2)8-9(14)12-11(16)13(3)10(8)15/h7-8H,4H2,1-3H3,(H,12,14,16)/t7-,8?/m1/s1. The molecule has 0 aromatic heterocycles. The number of nitrogens with zero attached hydrogens (tertiary/aromatic N) is 1. The molecule has 1 N–H and O–H groups in total. The number of barbiturate groups is 1. The summed E-state index contributed by atoms with van der Waals surface area (Å²) in [5, 5.41) is 2.13. The van der Waals surface area contributed by atoms with Crippen molar-refractivity contribution in [3.05, 3.63) is 0 Å². The van der Waals surface area contributed by atoms with Crippen LogP contribution in [-0.4, -0.2) is 29.8 Å². The Bertz CT molecular complexity index is 392. The van der Waals surface area contributed by atoms with Gasteiger partial charge >= 0.3 is 6.03 Å². The number of amides is 4. The van der Waals surface area contributed by atoms with Gasteiger partial charge in [0.25, 0.3) is 0 Å². The topological polar surface area (TPSA) is 66.5 Å². The molecule has 1 aliphatic rings. The van der Waals surface area contributed by atoms with Gasteiger partial charge in [0.1, 0.15) is 5.92 Å². The zero-order valence-corrected chi connectivity index (χ0v) is 9.53. The molecule has 5 heteroatoms. The molecule has 2 atom stereocenters. The van der Waals surface area contributed by atoms with E-state index in [1.807, 2.05) is 6.92 Å². The Kier molecular flexibility index (Phi) is 3.67. The van der Waals surface area contributed by atoms with Gasteiger partial charge in [0, 0.05) is 19.4 Å². The number of urea groups is 1. The molecule has 16 heavy (non-hydrogen) atoms. The van der Waals surface area contributed by atoms with Gasteiger partial charge in [-0.15, -0.1) is 5.92 Å². The van der Waals surface area contributed by atoms with Crippen molar-refractivity contribution in [3.63, 3.8) is 0 Å². The second-order valence-corrected chi connectivity index (χ2v) is 3.63. The highest BCUT2D eigenvalue weighted by molar-refractivity contribution is 6.16. The molecule has 86 valence electrons. The van der Waals surface area contributed by atoms with Crippen molar-refractivity contribution in [2.45, 2.75) is 20.3 Å². The van der Waals surface area contributed by atoms with Crippen LogP contribution in [0.5, 0.6) is 0 Å². The number of nitrogens with one attached hydrogen (secondary N) is 1. The monoisotopic (exact) mass is 222 g/mol. The van der Waals surface area contributed by atoms with Crippen LogP contribution in [-0.2, 0) is 9.59 Å². The van der Waals surface area contributed by atoms with E-state index in [2.05, 4.69) is 17.2 Å². The van der Waals surface area contributed by atoms with Gasteiger partial charge in [0.05, 0.1) is 0 Å². The number of imide groups is 2. The number of hydrogen-bond donors (Lipinski definition) is 1. The predicted octanol–water partition coefficient (Wildman–Crippen LogP) is 0.360. The lowest BCUT2D eigenvalue weighted by Gasteiger charge is -2.28. The zero-order valence-electron chi connectivity index (χ0n) is 9.53. The molecule has 0 saturated carbocycles. The normalized spacial score (nSPS) is 22.3. The smallest absolute Gasteiger partial charge is 0.277 e. The summed E-state index contributed by atoms with van der Waals surface area (Å²) in [5.41, 5.74) is 0. The van der Waals surface area contributed by atoms with Gasteiger partial charge in [0.2, 0.25) is 11.8 Å². The minimum Gasteiger partial charge on any atom is -0.277 e. The average Bonchev–Trinajstić information content (AvgIpc) is 2.23. The molecule has 0 radical (unpaired) electrons. The maximum Gasteiger partial charge on any atom is 0.330 e. The van der Waals surface area contributed by atoms with Gasteiger partial charge in [-0.1, -0.05) is 19.8 Å². The van der Waals surface area contributed by atoms with Gasteiger partial charge in [0.15, 0.2) is 0 Å². The molecular formula is C11H14N2O3. The molecule has 0 aromatic carbocycles. The summed E-state index contributed by atoms with van der Waals surface area (Å²) in [5.74, 6) is 3.32. The molecule has 1 fully saturated rings. The number of carbonyl (C=O) groups is 3. The third kappa shape index (κ3) is 2.22. The summed E-state index contributed by atoms with van der Waals surface area (Å²) in [7, 11) is 1.34. The van der Waals surface area contributed by atoms with E-state index in [1.165, 1.54) is 7.05 Å². The van der Waals surface area contributed by atoms with Crippen molar-refractivity contribution in [2.75, 3.05) is 7.05 Å². The van der Waals surface area contributed by atoms with Gasteiger partial charge in [-0.25, -0.2) is 4.79 Å². The van der Waals surface area contributed by atoms with Crippen molar-refractivity contribution >= 4 is 17.8 Å². The lowest BCUT2D eigenvalue weighted by atomic mass is 9.91. The molecule has 1 heterocycles. The summed E-state index contributed by atoms with van der Waals surface area (Å²) in [4.78, 5) is 35.3. The van der Waals surface area contributed by atoms with Crippen LogP contribution < -0.4 is 5.32 Å². The predicted molar refractivity (Wildman–Crippen MR) is 57.0 cm³/mol. The van der Waals surface area contributed by atoms with Crippen LogP contribution in [0.3, 0.4) is 0 Å². The Labute approximate surface area is 94.2 Å². The Balaban J connectivity index is 2.90. The van der Waals surface area contributed by atoms with Crippen LogP contribution in [0.2, 0.25) is 0 Å². The molecule has 0 spiro atoms. The average molecular weight is 222 g/mol. The summed E-state index contributed by atoms with van der Waals surface area (Å²) in [6.07, 6.45) is 0.668. The molecule has 1 rings (SSSR count). The van der Waals surface area contributed by atoms with Gasteiger partial charge in [-0.3, -0.25) is 19.8 Å². The number of carbonyl (C=O) groups excluding carboxylic acids is 3. The maximum atomic E-state index is 11.7. The second-order valence-electron chi connectivity index (χ2n) is 3.63. The lowest BCUT2D eigenvalue weighted by molar-refractivity contribution is -0.142. The summed E-state index contributed by atoms with van der Waals surface area (Å²) >= 11 is 0. The SMILES string of the molecule is CCC#C[C@@H](C)C1C(=O)NC(=O)N(C)C1=O. The van der Waals surface area contributed by atoms with E-state index >= 15 is 0 Å². The Morgan fingerprint density at radius 3 is 2.62 bits per heavy atom. The Hall–Kier alpha value is -1.83. The van der Waals surface area contributed by atoms with Crippen molar-refractivity contribution < 1.29 is 14.4 Å². The van der Waals surface area contributed by atoms with E-state index in [4.69, 9.17) is 0 Å². The highest BCUT2D eigenvalue weighted by atomic mass is 16.2. The lowest BCUT2D eigenvalue weighted by Crippen LogP contribution is -2.57. The third-order valence-corrected chi connectivity index (χ3v) is 2.42. The van der Waals surface area contributed by atoms with Crippen LogP contribution in [0, 0.1) is 23.7 Å². The van der Waals surface area contributed by atoms with Gasteiger partial charge in [-0.05, 0) is 0 Å². The quantitative estimate of drug-likeness (QED) is 0.514. The van der Waals surface area contributed by atoms with E-state index in [9.17, 15) is 14.4 Å². The molecule has 1 saturated heterocycles.